The summed E-state index contributed by atoms with van der Waals surface area (Å²) in [5.74, 6) is 0.00315. The summed E-state index contributed by atoms with van der Waals surface area (Å²) in [7, 11) is 1.78. The number of likely N-dealkylation sites (N-methyl/N-ethyl adjacent to an activating group) is 2. The van der Waals surface area contributed by atoms with E-state index in [4.69, 9.17) is 0 Å². The van der Waals surface area contributed by atoms with Gasteiger partial charge in [0.15, 0.2) is 0 Å². The van der Waals surface area contributed by atoms with Crippen molar-refractivity contribution in [3.05, 3.63) is 0 Å². The molecule has 0 aromatic rings. The molecule has 0 fully saturated rings. The third kappa shape index (κ3) is 7.27. The van der Waals surface area contributed by atoms with Crippen LogP contribution >= 0.6 is 0 Å². The first-order valence-electron chi connectivity index (χ1n) is 6.47. The maximum Gasteiger partial charge on any atom is 0.236 e. The molecular weight excluding hydrogens is 230 g/mol. The highest BCUT2D eigenvalue weighted by atomic mass is 16.2. The van der Waals surface area contributed by atoms with Crippen LogP contribution in [0.25, 0.3) is 0 Å². The molecule has 0 saturated heterocycles. The zero-order valence-electron chi connectivity index (χ0n) is 12.5. The van der Waals surface area contributed by atoms with Crippen molar-refractivity contribution in [2.24, 2.45) is 0 Å². The first kappa shape index (κ1) is 16.9. The number of nitrogens with one attached hydrogen (secondary N) is 1. The summed E-state index contributed by atoms with van der Waals surface area (Å²) < 4.78 is 0. The van der Waals surface area contributed by atoms with E-state index in [0.717, 1.165) is 0 Å². The zero-order chi connectivity index (χ0) is 14.3. The molecule has 0 aliphatic rings. The summed E-state index contributed by atoms with van der Waals surface area (Å²) >= 11 is 0. The van der Waals surface area contributed by atoms with Crippen molar-refractivity contribution in [1.82, 2.24) is 15.1 Å². The van der Waals surface area contributed by atoms with E-state index in [-0.39, 0.29) is 30.4 Å². The van der Waals surface area contributed by atoms with Gasteiger partial charge in [0, 0.05) is 18.6 Å². The first-order chi connectivity index (χ1) is 8.19. The maximum atomic E-state index is 11.8. The topological polar surface area (TPSA) is 52.7 Å². The van der Waals surface area contributed by atoms with Crippen LogP contribution in [0, 0.1) is 0 Å². The van der Waals surface area contributed by atoms with E-state index in [2.05, 4.69) is 5.32 Å². The van der Waals surface area contributed by atoms with Crippen LogP contribution in [0.15, 0.2) is 0 Å². The smallest absolute Gasteiger partial charge is 0.236 e. The number of carbonyl (C=O) groups is 2. The highest BCUT2D eigenvalue weighted by Crippen LogP contribution is 1.98. The highest BCUT2D eigenvalue weighted by molar-refractivity contribution is 5.81. The molecule has 0 aromatic carbocycles. The number of rotatable bonds is 6. The molecule has 0 radical (unpaired) electrons. The maximum absolute atomic E-state index is 11.8. The van der Waals surface area contributed by atoms with Gasteiger partial charge < -0.3 is 10.2 Å². The monoisotopic (exact) mass is 257 g/mol. The molecule has 1 N–H and O–H groups in total. The Kier molecular flexibility index (Phi) is 6.91. The summed E-state index contributed by atoms with van der Waals surface area (Å²) in [5, 5.41) is 2.87. The van der Waals surface area contributed by atoms with Gasteiger partial charge in [0.1, 0.15) is 0 Å². The quantitative estimate of drug-likeness (QED) is 0.762. The zero-order valence-corrected chi connectivity index (χ0v) is 12.5. The van der Waals surface area contributed by atoms with E-state index in [9.17, 15) is 9.59 Å². The average molecular weight is 257 g/mol. The largest absolute Gasteiger partial charge is 0.350 e. The van der Waals surface area contributed by atoms with Gasteiger partial charge in [-0.1, -0.05) is 0 Å². The number of hydrogen-bond donors (Lipinski definition) is 1. The molecule has 0 heterocycles. The minimum atomic E-state index is -0.235. The fourth-order valence-corrected chi connectivity index (χ4v) is 1.67. The fraction of sp³-hybridized carbons (Fsp3) is 0.846. The second kappa shape index (κ2) is 7.36. The normalized spacial score (nSPS) is 11.5. The highest BCUT2D eigenvalue weighted by Gasteiger charge is 2.17. The summed E-state index contributed by atoms with van der Waals surface area (Å²) in [6.07, 6.45) is 0. The Morgan fingerprint density at radius 3 is 1.94 bits per heavy atom. The van der Waals surface area contributed by atoms with Gasteiger partial charge in [-0.3, -0.25) is 14.5 Å². The number of carbonyl (C=O) groups excluding carboxylic acids is 2. The molecular formula is C13H27N3O2. The van der Waals surface area contributed by atoms with Crippen LogP contribution in [0.4, 0.5) is 0 Å². The van der Waals surface area contributed by atoms with Crippen molar-refractivity contribution in [2.75, 3.05) is 33.2 Å². The van der Waals surface area contributed by atoms with Gasteiger partial charge in [-0.05, 0) is 41.7 Å². The van der Waals surface area contributed by atoms with Crippen molar-refractivity contribution in [1.29, 1.82) is 0 Å². The van der Waals surface area contributed by atoms with Gasteiger partial charge >= 0.3 is 0 Å². The minimum Gasteiger partial charge on any atom is -0.350 e. The van der Waals surface area contributed by atoms with Crippen LogP contribution < -0.4 is 5.32 Å². The van der Waals surface area contributed by atoms with Crippen LogP contribution in [0.5, 0.6) is 0 Å². The van der Waals surface area contributed by atoms with E-state index in [1.807, 2.05) is 34.6 Å². The second-order valence-electron chi connectivity index (χ2n) is 5.54. The van der Waals surface area contributed by atoms with Crippen molar-refractivity contribution in [2.45, 2.75) is 40.2 Å². The molecule has 0 unspecified atom stereocenters. The predicted molar refractivity (Wildman–Crippen MR) is 73.3 cm³/mol. The molecule has 0 spiro atoms. The van der Waals surface area contributed by atoms with Crippen molar-refractivity contribution < 1.29 is 9.59 Å². The Hall–Kier alpha value is -1.10. The van der Waals surface area contributed by atoms with Crippen LogP contribution in [0.3, 0.4) is 0 Å². The summed E-state index contributed by atoms with van der Waals surface area (Å²) in [4.78, 5) is 27.0. The molecule has 0 saturated carbocycles. The third-order valence-electron chi connectivity index (χ3n) is 2.45. The van der Waals surface area contributed by atoms with E-state index in [1.54, 1.807) is 16.8 Å². The van der Waals surface area contributed by atoms with Crippen LogP contribution in [0.1, 0.15) is 34.6 Å². The minimum absolute atomic E-state index is 0.0580. The molecule has 2 amide bonds. The molecule has 0 aromatic heterocycles. The second-order valence-corrected chi connectivity index (χ2v) is 5.54. The average Bonchev–Trinajstić information content (AvgIpc) is 2.15. The molecule has 0 bridgehead atoms. The van der Waals surface area contributed by atoms with Crippen molar-refractivity contribution in [3.63, 3.8) is 0 Å². The van der Waals surface area contributed by atoms with E-state index in [1.165, 1.54) is 0 Å². The van der Waals surface area contributed by atoms with Crippen molar-refractivity contribution >= 4 is 11.8 Å². The molecule has 0 rings (SSSR count). The number of hydrogen-bond acceptors (Lipinski definition) is 3. The molecule has 18 heavy (non-hydrogen) atoms. The van der Waals surface area contributed by atoms with Gasteiger partial charge in [0.25, 0.3) is 0 Å². The lowest BCUT2D eigenvalue weighted by Gasteiger charge is -2.25. The predicted octanol–water partition coefficient (Wildman–Crippen LogP) is 0.701. The Bertz CT molecular complexity index is 280. The molecule has 0 aliphatic heterocycles. The lowest BCUT2D eigenvalue weighted by Crippen LogP contribution is -2.47. The summed E-state index contributed by atoms with van der Waals surface area (Å²) in [6, 6.07) is 0. The Balaban J connectivity index is 4.15. The van der Waals surface area contributed by atoms with Crippen LogP contribution in [-0.2, 0) is 9.59 Å². The van der Waals surface area contributed by atoms with E-state index < -0.39 is 0 Å². The SMILES string of the molecule is CCN(CC)C(=O)CN(C)CC(=O)NC(C)(C)C. The number of amides is 2. The van der Waals surface area contributed by atoms with Crippen LogP contribution in [0.2, 0.25) is 0 Å². The van der Waals surface area contributed by atoms with E-state index >= 15 is 0 Å². The molecule has 0 aliphatic carbocycles. The Morgan fingerprint density at radius 2 is 1.56 bits per heavy atom. The van der Waals surface area contributed by atoms with Crippen molar-refractivity contribution in [3.8, 4) is 0 Å². The van der Waals surface area contributed by atoms with Crippen LogP contribution in [-0.4, -0.2) is 60.4 Å². The Labute approximate surface area is 111 Å². The number of nitrogens with zero attached hydrogens (tertiary/aromatic N) is 2. The Morgan fingerprint density at radius 1 is 1.06 bits per heavy atom. The lowest BCUT2D eigenvalue weighted by molar-refractivity contribution is -0.132. The standard InChI is InChI=1S/C13H27N3O2/c1-7-16(8-2)12(18)10-15(6)9-11(17)14-13(3,4)5/h7-10H2,1-6H3,(H,14,17). The molecule has 106 valence electrons. The lowest BCUT2D eigenvalue weighted by atomic mass is 10.1. The summed E-state index contributed by atoms with van der Waals surface area (Å²) in [6.45, 7) is 11.6. The first-order valence-corrected chi connectivity index (χ1v) is 6.47. The molecule has 5 nitrogen and oxygen atoms in total. The molecule has 5 heteroatoms. The molecule has 0 atom stereocenters. The van der Waals surface area contributed by atoms with Gasteiger partial charge in [-0.2, -0.15) is 0 Å². The third-order valence-corrected chi connectivity index (χ3v) is 2.45. The van der Waals surface area contributed by atoms with Gasteiger partial charge in [0.05, 0.1) is 13.1 Å². The summed E-state index contributed by atoms with van der Waals surface area (Å²) in [5.41, 5.74) is -0.235. The fourth-order valence-electron chi connectivity index (χ4n) is 1.67. The van der Waals surface area contributed by atoms with E-state index in [0.29, 0.717) is 13.1 Å². The van der Waals surface area contributed by atoms with Gasteiger partial charge in [-0.15, -0.1) is 0 Å². The van der Waals surface area contributed by atoms with Gasteiger partial charge in [-0.25, -0.2) is 0 Å². The van der Waals surface area contributed by atoms with Gasteiger partial charge in [0.2, 0.25) is 11.8 Å².